The summed E-state index contributed by atoms with van der Waals surface area (Å²) in [5.74, 6) is 0.876. The molecule has 2 N–H and O–H groups in total. The highest BCUT2D eigenvalue weighted by Crippen LogP contribution is 2.18. The van der Waals surface area contributed by atoms with Gasteiger partial charge >= 0.3 is 0 Å². The van der Waals surface area contributed by atoms with Gasteiger partial charge < -0.3 is 10.1 Å². The van der Waals surface area contributed by atoms with Gasteiger partial charge in [-0.1, -0.05) is 25.1 Å². The molecule has 0 aromatic heterocycles. The first-order chi connectivity index (χ1) is 9.42. The molecule has 0 radical (unpaired) electrons. The minimum Gasteiger partial charge on any atom is -0.489 e. The molecule has 1 aromatic carbocycles. The molecule has 1 aromatic rings. The van der Waals surface area contributed by atoms with Crippen molar-refractivity contribution in [1.82, 2.24) is 5.32 Å². The Morgan fingerprint density at radius 1 is 1.45 bits per heavy atom. The molecule has 0 saturated carbocycles. The molecular formula is C13H21NO4S2. The molecule has 0 bridgehead atoms. The molecule has 0 aliphatic rings. The standard InChI is InChI=1S/C13H21NO4S2/c1-3-12(10-14-8-9-17-20(15,16)19)18-13-7-5-4-6-11(13)2/h4-7,12,14H,3,8-10H2,1-2H3,(H,15,16,19)/t12-/m0/s1. The lowest BCUT2D eigenvalue weighted by Crippen LogP contribution is -2.33. The van der Waals surface area contributed by atoms with Gasteiger partial charge in [-0.05, 0) is 25.0 Å². The third kappa shape index (κ3) is 7.16. The number of nitrogens with one attached hydrogen (secondary N) is 1. The monoisotopic (exact) mass is 319 g/mol. The summed E-state index contributed by atoms with van der Waals surface area (Å²) < 4.78 is 30.0. The van der Waals surface area contributed by atoms with Crippen LogP contribution in [0.15, 0.2) is 24.3 Å². The van der Waals surface area contributed by atoms with Crippen LogP contribution in [0.1, 0.15) is 18.9 Å². The highest BCUT2D eigenvalue weighted by Gasteiger charge is 2.09. The lowest BCUT2D eigenvalue weighted by atomic mass is 10.2. The van der Waals surface area contributed by atoms with Gasteiger partial charge in [-0.15, -0.1) is 0 Å². The number of hydrogen-bond donors (Lipinski definition) is 2. The smallest absolute Gasteiger partial charge is 0.266 e. The highest BCUT2D eigenvalue weighted by molar-refractivity contribution is 8.27. The SMILES string of the molecule is CC[C@@H](CNCCOS(=O)(O)=S)Oc1ccccc1C. The predicted octanol–water partition coefficient (Wildman–Crippen LogP) is 1.89. The van der Waals surface area contributed by atoms with E-state index in [1.165, 1.54) is 0 Å². The van der Waals surface area contributed by atoms with E-state index >= 15 is 0 Å². The van der Waals surface area contributed by atoms with Crippen LogP contribution in [0.2, 0.25) is 0 Å². The second-order valence-corrected chi connectivity index (χ2v) is 6.72. The average molecular weight is 319 g/mol. The van der Waals surface area contributed by atoms with Gasteiger partial charge in [0.25, 0.3) is 9.05 Å². The number of aryl methyl sites for hydroxylation is 1. The van der Waals surface area contributed by atoms with E-state index in [9.17, 15) is 4.21 Å². The van der Waals surface area contributed by atoms with E-state index < -0.39 is 9.05 Å². The third-order valence-corrected chi connectivity index (χ3v) is 3.48. The first-order valence-corrected chi connectivity index (χ1v) is 8.83. The van der Waals surface area contributed by atoms with Crippen LogP contribution in [0.3, 0.4) is 0 Å². The minimum atomic E-state index is -3.52. The minimum absolute atomic E-state index is 0.0399. The number of para-hydroxylation sites is 1. The Morgan fingerprint density at radius 2 is 2.15 bits per heavy atom. The maximum absolute atomic E-state index is 10.7. The van der Waals surface area contributed by atoms with Gasteiger partial charge in [0, 0.05) is 24.3 Å². The van der Waals surface area contributed by atoms with Gasteiger partial charge in [0.1, 0.15) is 11.9 Å². The number of hydrogen-bond acceptors (Lipinski definition) is 5. The normalized spacial score (nSPS) is 15.6. The van der Waals surface area contributed by atoms with Crippen LogP contribution in [-0.2, 0) is 24.4 Å². The van der Waals surface area contributed by atoms with Crippen molar-refractivity contribution < 1.29 is 17.7 Å². The molecule has 5 nitrogen and oxygen atoms in total. The summed E-state index contributed by atoms with van der Waals surface area (Å²) in [6.45, 7) is 5.23. The number of benzene rings is 1. The molecule has 20 heavy (non-hydrogen) atoms. The second kappa shape index (κ2) is 8.53. The first kappa shape index (κ1) is 17.3. The van der Waals surface area contributed by atoms with Gasteiger partial charge in [0.2, 0.25) is 0 Å². The van der Waals surface area contributed by atoms with E-state index in [0.29, 0.717) is 13.1 Å². The van der Waals surface area contributed by atoms with Gasteiger partial charge in [-0.3, -0.25) is 8.74 Å². The van der Waals surface area contributed by atoms with Gasteiger partial charge in [0.05, 0.1) is 6.61 Å². The van der Waals surface area contributed by atoms with Crippen LogP contribution in [-0.4, -0.2) is 34.6 Å². The van der Waals surface area contributed by atoms with Crippen molar-refractivity contribution in [3.8, 4) is 5.75 Å². The summed E-state index contributed by atoms with van der Waals surface area (Å²) in [6.07, 6.45) is 0.901. The van der Waals surface area contributed by atoms with Crippen LogP contribution in [0.5, 0.6) is 5.75 Å². The van der Waals surface area contributed by atoms with Crippen LogP contribution >= 0.6 is 0 Å². The zero-order chi connectivity index (χ0) is 15.0. The second-order valence-electron chi connectivity index (χ2n) is 4.37. The van der Waals surface area contributed by atoms with Crippen LogP contribution in [0.4, 0.5) is 0 Å². The number of ether oxygens (including phenoxy) is 1. The van der Waals surface area contributed by atoms with Crippen molar-refractivity contribution in [1.29, 1.82) is 0 Å². The Kier molecular flexibility index (Phi) is 7.39. The summed E-state index contributed by atoms with van der Waals surface area (Å²) in [5.41, 5.74) is 1.10. The molecule has 0 fully saturated rings. The highest BCUT2D eigenvalue weighted by atomic mass is 32.9. The van der Waals surface area contributed by atoms with Crippen molar-refractivity contribution in [3.63, 3.8) is 0 Å². The predicted molar refractivity (Wildman–Crippen MR) is 82.8 cm³/mol. The average Bonchev–Trinajstić information content (AvgIpc) is 2.38. The fourth-order valence-electron chi connectivity index (χ4n) is 1.62. The van der Waals surface area contributed by atoms with Crippen molar-refractivity contribution >= 4 is 20.2 Å². The molecule has 0 heterocycles. The largest absolute Gasteiger partial charge is 0.489 e. The van der Waals surface area contributed by atoms with E-state index in [2.05, 4.69) is 20.7 Å². The Hall–Kier alpha value is -0.730. The van der Waals surface area contributed by atoms with E-state index in [1.54, 1.807) is 0 Å². The quantitative estimate of drug-likeness (QED) is 0.678. The molecule has 7 heteroatoms. The Bertz CT molecular complexity index is 505. The summed E-state index contributed by atoms with van der Waals surface area (Å²) in [4.78, 5) is 0. The van der Waals surface area contributed by atoms with E-state index in [4.69, 9.17) is 9.29 Å². The van der Waals surface area contributed by atoms with Crippen LogP contribution < -0.4 is 10.1 Å². The lowest BCUT2D eigenvalue weighted by molar-refractivity contribution is 0.189. The Morgan fingerprint density at radius 3 is 2.75 bits per heavy atom. The summed E-state index contributed by atoms with van der Waals surface area (Å²) in [7, 11) is -3.52. The fraction of sp³-hybridized carbons (Fsp3) is 0.538. The molecule has 0 aliphatic carbocycles. The van der Waals surface area contributed by atoms with E-state index in [1.807, 2.05) is 38.1 Å². The van der Waals surface area contributed by atoms with Gasteiger partial charge in [-0.25, -0.2) is 0 Å². The van der Waals surface area contributed by atoms with Gasteiger partial charge in [-0.2, -0.15) is 4.21 Å². The maximum Gasteiger partial charge on any atom is 0.266 e. The molecule has 114 valence electrons. The van der Waals surface area contributed by atoms with E-state index in [-0.39, 0.29) is 12.7 Å². The van der Waals surface area contributed by atoms with Crippen molar-refractivity contribution in [2.24, 2.45) is 0 Å². The summed E-state index contributed by atoms with van der Waals surface area (Å²) >= 11 is 4.22. The topological polar surface area (TPSA) is 67.8 Å². The van der Waals surface area contributed by atoms with Crippen molar-refractivity contribution in [3.05, 3.63) is 29.8 Å². The molecule has 1 rings (SSSR count). The van der Waals surface area contributed by atoms with Crippen molar-refractivity contribution in [2.45, 2.75) is 26.4 Å². The lowest BCUT2D eigenvalue weighted by Gasteiger charge is -2.19. The van der Waals surface area contributed by atoms with Crippen LogP contribution in [0, 0.1) is 6.92 Å². The summed E-state index contributed by atoms with van der Waals surface area (Å²) in [6, 6.07) is 7.86. The fourth-order valence-corrected chi connectivity index (χ4v) is 2.12. The molecule has 0 saturated heterocycles. The molecule has 0 spiro atoms. The zero-order valence-electron chi connectivity index (χ0n) is 11.7. The van der Waals surface area contributed by atoms with Gasteiger partial charge in [0.15, 0.2) is 0 Å². The molecular weight excluding hydrogens is 298 g/mol. The third-order valence-electron chi connectivity index (χ3n) is 2.73. The van der Waals surface area contributed by atoms with E-state index in [0.717, 1.165) is 17.7 Å². The zero-order valence-corrected chi connectivity index (χ0v) is 13.3. The number of rotatable bonds is 9. The first-order valence-electron chi connectivity index (χ1n) is 6.47. The maximum atomic E-state index is 10.7. The Balaban J connectivity index is 2.32. The molecule has 1 unspecified atom stereocenters. The molecule has 0 aliphatic heterocycles. The molecule has 2 atom stereocenters. The van der Waals surface area contributed by atoms with Crippen molar-refractivity contribution in [2.75, 3.05) is 19.7 Å². The molecule has 0 amide bonds. The summed E-state index contributed by atoms with van der Waals surface area (Å²) in [5, 5.41) is 3.12. The van der Waals surface area contributed by atoms with Crippen LogP contribution in [0.25, 0.3) is 0 Å². The Labute approximate surface area is 125 Å².